The molecule has 27 heavy (non-hydrogen) atoms. The SMILES string of the molecule is O=C(/C=C(/O)c1cn(Cc2ccccc2)c2ccc(Cl)cc12)c1ccn[nH]1. The molecular weight excluding hydrogens is 362 g/mol. The van der Waals surface area contributed by atoms with Gasteiger partial charge in [0.25, 0.3) is 0 Å². The van der Waals surface area contributed by atoms with Crippen molar-refractivity contribution in [2.45, 2.75) is 6.54 Å². The highest BCUT2D eigenvalue weighted by Gasteiger charge is 2.15. The number of aromatic nitrogens is 3. The van der Waals surface area contributed by atoms with Crippen LogP contribution < -0.4 is 0 Å². The van der Waals surface area contributed by atoms with Crippen LogP contribution in [0.25, 0.3) is 16.7 Å². The summed E-state index contributed by atoms with van der Waals surface area (Å²) in [6, 6.07) is 17.1. The molecule has 0 saturated heterocycles. The van der Waals surface area contributed by atoms with Crippen LogP contribution in [0.5, 0.6) is 0 Å². The van der Waals surface area contributed by atoms with Gasteiger partial charge in [-0.3, -0.25) is 9.89 Å². The lowest BCUT2D eigenvalue weighted by atomic mass is 10.1. The number of aromatic amines is 1. The first-order valence-electron chi connectivity index (χ1n) is 8.39. The fraction of sp³-hybridized carbons (Fsp3) is 0.0476. The van der Waals surface area contributed by atoms with Crippen molar-refractivity contribution in [3.8, 4) is 0 Å². The number of fused-ring (bicyclic) bond motifs is 1. The first-order chi connectivity index (χ1) is 13.1. The summed E-state index contributed by atoms with van der Waals surface area (Å²) in [7, 11) is 0. The zero-order chi connectivity index (χ0) is 18.8. The molecule has 0 spiro atoms. The van der Waals surface area contributed by atoms with E-state index in [0.29, 0.717) is 22.8 Å². The fourth-order valence-corrected chi connectivity index (χ4v) is 3.23. The maximum atomic E-state index is 12.2. The first kappa shape index (κ1) is 17.1. The summed E-state index contributed by atoms with van der Waals surface area (Å²) < 4.78 is 2.03. The summed E-state index contributed by atoms with van der Waals surface area (Å²) in [5, 5.41) is 18.3. The van der Waals surface area contributed by atoms with Gasteiger partial charge in [0.15, 0.2) is 0 Å². The molecule has 2 aromatic carbocycles. The van der Waals surface area contributed by atoms with E-state index in [9.17, 15) is 9.90 Å². The summed E-state index contributed by atoms with van der Waals surface area (Å²) >= 11 is 6.16. The number of H-pyrrole nitrogens is 1. The molecule has 2 N–H and O–H groups in total. The monoisotopic (exact) mass is 377 g/mol. The molecule has 0 atom stereocenters. The highest BCUT2D eigenvalue weighted by atomic mass is 35.5. The van der Waals surface area contributed by atoms with Crippen molar-refractivity contribution in [3.63, 3.8) is 0 Å². The van der Waals surface area contributed by atoms with E-state index >= 15 is 0 Å². The Hall–Kier alpha value is -3.31. The van der Waals surface area contributed by atoms with Crippen LogP contribution in [0.15, 0.2) is 73.1 Å². The second kappa shape index (κ2) is 7.13. The van der Waals surface area contributed by atoms with E-state index in [1.54, 1.807) is 12.1 Å². The van der Waals surface area contributed by atoms with E-state index in [1.165, 1.54) is 12.3 Å². The van der Waals surface area contributed by atoms with Gasteiger partial charge in [-0.15, -0.1) is 0 Å². The smallest absolute Gasteiger partial charge is 0.207 e. The maximum absolute atomic E-state index is 12.2. The van der Waals surface area contributed by atoms with Crippen molar-refractivity contribution in [1.29, 1.82) is 0 Å². The molecule has 4 rings (SSSR count). The van der Waals surface area contributed by atoms with Gasteiger partial charge in [0.1, 0.15) is 11.5 Å². The van der Waals surface area contributed by atoms with Gasteiger partial charge in [-0.25, -0.2) is 0 Å². The van der Waals surface area contributed by atoms with Crippen LogP contribution in [-0.2, 0) is 6.54 Å². The average molecular weight is 378 g/mol. The standard InChI is InChI=1S/C21H16ClN3O2/c22-15-6-7-19-16(10-15)17(13-25(19)12-14-4-2-1-3-5-14)20(26)11-21(27)18-8-9-23-24-18/h1-11,13,26H,12H2,(H,23,24)/b20-11+. The van der Waals surface area contributed by atoms with Crippen LogP contribution in [-0.4, -0.2) is 25.7 Å². The number of nitrogens with one attached hydrogen (secondary N) is 1. The predicted molar refractivity (Wildman–Crippen MR) is 106 cm³/mol. The van der Waals surface area contributed by atoms with Gasteiger partial charge in [-0.05, 0) is 29.8 Å². The van der Waals surface area contributed by atoms with Crippen molar-refractivity contribution in [2.24, 2.45) is 0 Å². The van der Waals surface area contributed by atoms with Crippen molar-refractivity contribution in [1.82, 2.24) is 14.8 Å². The normalized spacial score (nSPS) is 11.8. The molecule has 0 aliphatic carbocycles. The number of allylic oxidation sites excluding steroid dienone is 1. The van der Waals surface area contributed by atoms with E-state index in [-0.39, 0.29) is 11.5 Å². The van der Waals surface area contributed by atoms with E-state index in [0.717, 1.165) is 16.5 Å². The number of nitrogens with zero attached hydrogens (tertiary/aromatic N) is 2. The third kappa shape index (κ3) is 3.50. The Balaban J connectivity index is 1.78. The molecule has 0 unspecified atom stereocenters. The number of carbonyl (C=O) groups excluding carboxylic acids is 1. The highest BCUT2D eigenvalue weighted by molar-refractivity contribution is 6.31. The van der Waals surface area contributed by atoms with Gasteiger partial charge >= 0.3 is 0 Å². The van der Waals surface area contributed by atoms with Crippen LogP contribution >= 0.6 is 11.6 Å². The highest BCUT2D eigenvalue weighted by Crippen LogP contribution is 2.29. The van der Waals surface area contributed by atoms with Gasteiger partial charge in [0.05, 0.1) is 0 Å². The Kier molecular flexibility index (Phi) is 4.52. The Morgan fingerprint density at radius 2 is 2.00 bits per heavy atom. The lowest BCUT2D eigenvalue weighted by molar-refractivity contribution is 0.104. The number of rotatable bonds is 5. The zero-order valence-corrected chi connectivity index (χ0v) is 15.0. The van der Waals surface area contributed by atoms with Crippen molar-refractivity contribution >= 4 is 34.0 Å². The summed E-state index contributed by atoms with van der Waals surface area (Å²) in [6.07, 6.45) is 4.51. The summed E-state index contributed by atoms with van der Waals surface area (Å²) in [5.41, 5.74) is 2.92. The van der Waals surface area contributed by atoms with E-state index in [4.69, 9.17) is 11.6 Å². The third-order valence-electron chi connectivity index (χ3n) is 4.35. The largest absolute Gasteiger partial charge is 0.507 e. The lowest BCUT2D eigenvalue weighted by Crippen LogP contribution is -1.98. The van der Waals surface area contributed by atoms with E-state index in [1.807, 2.05) is 53.2 Å². The minimum atomic E-state index is -0.351. The molecule has 0 saturated carbocycles. The second-order valence-corrected chi connectivity index (χ2v) is 6.62. The first-order valence-corrected chi connectivity index (χ1v) is 8.76. The molecule has 0 bridgehead atoms. The van der Waals surface area contributed by atoms with Gasteiger partial charge in [0.2, 0.25) is 5.78 Å². The number of halogens is 1. The summed E-state index contributed by atoms with van der Waals surface area (Å²) in [6.45, 7) is 0.640. The number of benzene rings is 2. The minimum absolute atomic E-state index is 0.117. The number of hydrogen-bond donors (Lipinski definition) is 2. The van der Waals surface area contributed by atoms with Gasteiger partial charge in [-0.1, -0.05) is 41.9 Å². The summed E-state index contributed by atoms with van der Waals surface area (Å²) in [4.78, 5) is 12.2. The van der Waals surface area contributed by atoms with Gasteiger partial charge in [0, 0.05) is 46.5 Å². The predicted octanol–water partition coefficient (Wildman–Crippen LogP) is 4.85. The molecule has 5 nitrogen and oxygen atoms in total. The Morgan fingerprint density at radius 3 is 2.74 bits per heavy atom. The number of hydrogen-bond acceptors (Lipinski definition) is 3. The van der Waals surface area contributed by atoms with Crippen LogP contribution in [0, 0.1) is 0 Å². The van der Waals surface area contributed by atoms with Crippen LogP contribution in [0.4, 0.5) is 0 Å². The second-order valence-electron chi connectivity index (χ2n) is 6.18. The Morgan fingerprint density at radius 1 is 1.19 bits per heavy atom. The molecule has 0 radical (unpaired) electrons. The third-order valence-corrected chi connectivity index (χ3v) is 4.58. The molecule has 0 fully saturated rings. The van der Waals surface area contributed by atoms with Crippen molar-refractivity contribution in [3.05, 3.63) is 94.9 Å². The molecular formula is C21H16ClN3O2. The number of aliphatic hydroxyl groups excluding tert-OH is 1. The Bertz CT molecular complexity index is 1130. The quantitative estimate of drug-likeness (QED) is 0.297. The van der Waals surface area contributed by atoms with Crippen LogP contribution in [0.2, 0.25) is 5.02 Å². The molecule has 0 amide bonds. The zero-order valence-electron chi connectivity index (χ0n) is 14.3. The number of aliphatic hydroxyl groups is 1. The van der Waals surface area contributed by atoms with Crippen LogP contribution in [0.1, 0.15) is 21.6 Å². The van der Waals surface area contributed by atoms with E-state index < -0.39 is 0 Å². The Labute approximate surface area is 160 Å². The molecule has 6 heteroatoms. The molecule has 2 aromatic heterocycles. The van der Waals surface area contributed by atoms with Gasteiger partial charge < -0.3 is 9.67 Å². The van der Waals surface area contributed by atoms with E-state index in [2.05, 4.69) is 10.2 Å². The minimum Gasteiger partial charge on any atom is -0.507 e. The van der Waals surface area contributed by atoms with Gasteiger partial charge in [-0.2, -0.15) is 5.10 Å². The lowest BCUT2D eigenvalue weighted by Gasteiger charge is -2.05. The number of carbonyl (C=O) groups is 1. The molecule has 134 valence electrons. The maximum Gasteiger partial charge on any atom is 0.207 e. The fourth-order valence-electron chi connectivity index (χ4n) is 3.06. The molecule has 4 aromatic rings. The average Bonchev–Trinajstić information content (AvgIpc) is 3.31. The topological polar surface area (TPSA) is 70.9 Å². The van der Waals surface area contributed by atoms with Crippen molar-refractivity contribution < 1.29 is 9.90 Å². The van der Waals surface area contributed by atoms with Crippen LogP contribution in [0.3, 0.4) is 0 Å². The molecule has 2 heterocycles. The summed E-state index contributed by atoms with van der Waals surface area (Å²) in [5.74, 6) is -0.468. The van der Waals surface area contributed by atoms with Crippen molar-refractivity contribution in [2.75, 3.05) is 0 Å². The molecule has 0 aliphatic rings. The number of ketones is 1. The molecule has 0 aliphatic heterocycles.